The fourth-order valence-electron chi connectivity index (χ4n) is 8.53. The van der Waals surface area contributed by atoms with E-state index in [4.69, 9.17) is 23.5 Å². The maximum Gasteiger partial charge on any atom is 0.524 e. The average molecular weight is 723 g/mol. The maximum atomic E-state index is 15.1. The number of methoxy groups -OCH3 is 1. The van der Waals surface area contributed by atoms with Crippen LogP contribution in [0.25, 0.3) is 6.08 Å². The van der Waals surface area contributed by atoms with Crippen LogP contribution in [-0.4, -0.2) is 56.8 Å². The highest BCUT2D eigenvalue weighted by atomic mass is 31.2. The molecule has 2 N–H and O–H groups in total. The van der Waals surface area contributed by atoms with E-state index in [9.17, 15) is 23.9 Å². The Balaban J connectivity index is 1.65. The van der Waals surface area contributed by atoms with Crippen molar-refractivity contribution < 1.29 is 52.2 Å². The van der Waals surface area contributed by atoms with Crippen LogP contribution in [0.5, 0.6) is 17.2 Å². The first kappa shape index (κ1) is 37.0. The predicted octanol–water partition coefficient (Wildman–Crippen LogP) is 7.09. The van der Waals surface area contributed by atoms with Crippen LogP contribution in [0.4, 0.5) is 0 Å². The lowest BCUT2D eigenvalue weighted by atomic mass is 9.51. The van der Waals surface area contributed by atoms with Crippen molar-refractivity contribution in [1.82, 2.24) is 0 Å². The monoisotopic (exact) mass is 722 g/mol. The summed E-state index contributed by atoms with van der Waals surface area (Å²) in [6, 6.07) is 0. The molecule has 3 aliphatic carbocycles. The molecule has 3 aliphatic heterocycles. The highest BCUT2D eigenvalue weighted by Crippen LogP contribution is 2.69. The van der Waals surface area contributed by atoms with Gasteiger partial charge >= 0.3 is 13.8 Å². The van der Waals surface area contributed by atoms with Crippen LogP contribution in [0.2, 0.25) is 0 Å². The van der Waals surface area contributed by atoms with Crippen molar-refractivity contribution in [1.29, 1.82) is 0 Å². The Labute approximate surface area is 298 Å². The third-order valence-electron chi connectivity index (χ3n) is 10.8. The molecule has 0 aromatic heterocycles. The van der Waals surface area contributed by atoms with Crippen LogP contribution in [0.15, 0.2) is 52.7 Å². The first-order chi connectivity index (χ1) is 23.7. The molecule has 6 aliphatic rings. The Morgan fingerprint density at radius 2 is 1.71 bits per heavy atom. The maximum absolute atomic E-state index is 15.1. The van der Waals surface area contributed by atoms with Gasteiger partial charge in [-0.25, -0.2) is 9.36 Å². The summed E-state index contributed by atoms with van der Waals surface area (Å²) in [6.07, 6.45) is 12.6. The van der Waals surface area contributed by atoms with Crippen molar-refractivity contribution in [2.24, 2.45) is 11.8 Å². The number of benzene rings is 1. The summed E-state index contributed by atoms with van der Waals surface area (Å²) in [6.45, 7) is 15.1. The number of esters is 1. The second kappa shape index (κ2) is 12.4. The summed E-state index contributed by atoms with van der Waals surface area (Å²) in [5.41, 5.74) is -2.00. The lowest BCUT2D eigenvalue weighted by Crippen LogP contribution is -2.72. The van der Waals surface area contributed by atoms with Crippen molar-refractivity contribution in [3.63, 3.8) is 0 Å². The normalized spacial score (nSPS) is 29.5. The molecule has 1 spiro atoms. The van der Waals surface area contributed by atoms with Gasteiger partial charge in [0.2, 0.25) is 0 Å². The zero-order chi connectivity index (χ0) is 37.5. The van der Waals surface area contributed by atoms with Gasteiger partial charge in [-0.05, 0) is 93.2 Å². The lowest BCUT2D eigenvalue weighted by molar-refractivity contribution is -0.171. The average Bonchev–Trinajstić information content (AvgIpc) is 3.18. The molecule has 2 fully saturated rings. The highest BCUT2D eigenvalue weighted by Gasteiger charge is 2.81. The molecule has 5 atom stereocenters. The number of ether oxygens (including phenoxy) is 4. The first-order valence-corrected chi connectivity index (χ1v) is 18.8. The molecule has 11 nitrogen and oxygen atoms in total. The van der Waals surface area contributed by atoms with E-state index in [-0.39, 0.29) is 58.1 Å². The molecule has 5 unspecified atom stereocenters. The SMILES string of the molecule is COC(=O)C(C)=CCC12OC(C)(C)C3CC(C=C4C(=O)c5c(OP(=O)(O)O)c6c(c(CC=C(C)C)c5OC431)OC(C)(CCC=C(C)C)C=C6)C2=O. The minimum atomic E-state index is -5.22. The van der Waals surface area contributed by atoms with Gasteiger partial charge in [-0.3, -0.25) is 19.4 Å². The van der Waals surface area contributed by atoms with Crippen LogP contribution in [-0.2, 0) is 30.0 Å². The third-order valence-corrected chi connectivity index (χ3v) is 11.3. The molecular formula is C39H47O11P. The van der Waals surface area contributed by atoms with Crippen LogP contribution in [0, 0.1) is 11.8 Å². The van der Waals surface area contributed by atoms with E-state index in [0.29, 0.717) is 24.8 Å². The highest BCUT2D eigenvalue weighted by molar-refractivity contribution is 7.46. The van der Waals surface area contributed by atoms with Gasteiger partial charge in [0.05, 0.1) is 18.3 Å². The molecule has 12 heteroatoms. The van der Waals surface area contributed by atoms with E-state index in [1.54, 1.807) is 25.2 Å². The second-order valence-electron chi connectivity index (χ2n) is 15.5. The Bertz CT molecular complexity index is 1930. The summed E-state index contributed by atoms with van der Waals surface area (Å²) in [5.74, 6) is -2.64. The third kappa shape index (κ3) is 5.86. The van der Waals surface area contributed by atoms with E-state index in [1.165, 1.54) is 7.11 Å². The standard InChI is InChI=1S/C39H47O11P/c1-21(2)11-10-16-37(8)17-15-26-31(47-37)25(13-12-22(3)4)32-29(33(26)49-51(43,44)45)30(40)27-19-24-20-28-36(6,7)50-38(34(24)41,39(27,28)48-32)18-14-23(5)35(42)46-9/h11-12,14-15,17,19,24,28H,10,13,16,18,20H2,1-9H3,(H2,43,44,45). The first-order valence-electron chi connectivity index (χ1n) is 17.3. The van der Waals surface area contributed by atoms with E-state index >= 15 is 4.79 Å². The van der Waals surface area contributed by atoms with Crippen LogP contribution in [0.3, 0.4) is 0 Å². The van der Waals surface area contributed by atoms with Gasteiger partial charge < -0.3 is 23.5 Å². The molecule has 0 amide bonds. The molecule has 1 aromatic rings. The van der Waals surface area contributed by atoms with Crippen molar-refractivity contribution >= 4 is 31.4 Å². The number of carbonyl (C=O) groups is 3. The minimum Gasteiger partial charge on any atom is -0.482 e. The number of phosphoric ester groups is 1. The molecule has 4 bridgehead atoms. The number of allylic oxidation sites excluding steroid dienone is 5. The number of hydrogen-bond acceptors (Lipinski definition) is 9. The number of phosphoric acid groups is 1. The van der Waals surface area contributed by atoms with Crippen LogP contribution >= 0.6 is 7.82 Å². The largest absolute Gasteiger partial charge is 0.524 e. The molecule has 1 saturated heterocycles. The smallest absolute Gasteiger partial charge is 0.482 e. The molecule has 7 rings (SSSR count). The van der Waals surface area contributed by atoms with Gasteiger partial charge in [-0.1, -0.05) is 35.5 Å². The fraction of sp³-hybridized carbons (Fsp3) is 0.513. The number of fused-ring (bicyclic) bond motifs is 2. The zero-order valence-corrected chi connectivity index (χ0v) is 31.6. The number of Topliss-reactive ketones (excluding diaryl/α,β-unsaturated/α-hetero) is 2. The van der Waals surface area contributed by atoms with E-state index in [1.807, 2.05) is 60.6 Å². The topological polar surface area (TPSA) is 155 Å². The molecule has 51 heavy (non-hydrogen) atoms. The summed E-state index contributed by atoms with van der Waals surface area (Å²) in [7, 11) is -3.95. The van der Waals surface area contributed by atoms with E-state index in [0.717, 1.165) is 11.1 Å². The lowest BCUT2D eigenvalue weighted by Gasteiger charge is -2.56. The number of carbonyl (C=O) groups excluding carboxylic acids is 3. The van der Waals surface area contributed by atoms with Gasteiger partial charge in [0, 0.05) is 35.0 Å². The molecule has 0 radical (unpaired) electrons. The van der Waals surface area contributed by atoms with Crippen molar-refractivity contribution in [3.8, 4) is 17.2 Å². The Hall–Kier alpha value is -3.76. The molecule has 1 aromatic carbocycles. The predicted molar refractivity (Wildman–Crippen MR) is 190 cm³/mol. The Kier molecular flexibility index (Phi) is 9.02. The Morgan fingerprint density at radius 3 is 2.33 bits per heavy atom. The summed E-state index contributed by atoms with van der Waals surface area (Å²) in [4.78, 5) is 62.4. The molecule has 274 valence electrons. The van der Waals surface area contributed by atoms with Gasteiger partial charge in [0.15, 0.2) is 28.5 Å². The van der Waals surface area contributed by atoms with Crippen molar-refractivity contribution in [2.45, 2.75) is 110 Å². The molecule has 1 saturated carbocycles. The summed E-state index contributed by atoms with van der Waals surface area (Å²) >= 11 is 0. The quantitative estimate of drug-likeness (QED) is 0.110. The second-order valence-corrected chi connectivity index (χ2v) is 16.7. The van der Waals surface area contributed by atoms with Crippen molar-refractivity contribution in [3.05, 3.63) is 69.4 Å². The fourth-order valence-corrected chi connectivity index (χ4v) is 8.95. The number of hydrogen-bond donors (Lipinski definition) is 2. The van der Waals surface area contributed by atoms with Gasteiger partial charge in [-0.2, -0.15) is 0 Å². The zero-order valence-electron chi connectivity index (χ0n) is 30.7. The minimum absolute atomic E-state index is 0.0243. The summed E-state index contributed by atoms with van der Waals surface area (Å²) < 4.78 is 43.6. The van der Waals surface area contributed by atoms with Crippen LogP contribution < -0.4 is 14.0 Å². The van der Waals surface area contributed by atoms with Crippen LogP contribution in [0.1, 0.15) is 103 Å². The van der Waals surface area contributed by atoms with E-state index in [2.05, 4.69) is 6.08 Å². The van der Waals surface area contributed by atoms with Gasteiger partial charge in [-0.15, -0.1) is 0 Å². The molecule has 3 heterocycles. The van der Waals surface area contributed by atoms with Gasteiger partial charge in [0.25, 0.3) is 0 Å². The number of rotatable bonds is 10. The van der Waals surface area contributed by atoms with Crippen molar-refractivity contribution in [2.75, 3.05) is 7.11 Å². The molecular weight excluding hydrogens is 675 g/mol. The number of ketones is 2. The van der Waals surface area contributed by atoms with Gasteiger partial charge in [0.1, 0.15) is 22.7 Å². The summed E-state index contributed by atoms with van der Waals surface area (Å²) in [5, 5.41) is 0. The Morgan fingerprint density at radius 1 is 1.02 bits per heavy atom. The van der Waals surface area contributed by atoms with E-state index < -0.39 is 53.8 Å².